The van der Waals surface area contributed by atoms with Crippen LogP contribution in [0.2, 0.25) is 0 Å². The molecular formula is C68H46. The Kier molecular flexibility index (Phi) is 7.45. The summed E-state index contributed by atoms with van der Waals surface area (Å²) in [7, 11) is 0. The Morgan fingerprint density at radius 2 is 0.588 bits per heavy atom. The second-order valence-electron chi connectivity index (χ2n) is 20.7. The molecule has 0 N–H and O–H groups in total. The van der Waals surface area contributed by atoms with E-state index in [2.05, 4.69) is 234 Å². The molecule has 0 spiro atoms. The van der Waals surface area contributed by atoms with Gasteiger partial charge in [0, 0.05) is 10.8 Å². The summed E-state index contributed by atoms with van der Waals surface area (Å²) in [5.74, 6) is 0. The molecule has 0 aromatic heterocycles. The third-order valence-corrected chi connectivity index (χ3v) is 16.5. The van der Waals surface area contributed by atoms with Crippen molar-refractivity contribution >= 4 is 64.6 Å². The molecule has 0 radical (unpaired) electrons. The Labute approximate surface area is 396 Å². The first-order valence-electron chi connectivity index (χ1n) is 24.2. The molecule has 0 bridgehead atoms. The standard InChI is InChI=1S/C68H46/c1-67(2)57-37-47(49-29-25-45-23-21-41-17-11-19-43-27-31-51(49)61(45)59(41)43)35-55(39-13-7-5-8-14-39)63(57)53-33-34-54-64-56(40-15-9-6-10-16-40)36-48(38-58(64)68(3,4)66(54)65(53)67)50-30-26-46-24-22-42-18-12-20-44-28-32-52(50)62(46)60(42)44/h5-38H,1-4H3. The van der Waals surface area contributed by atoms with Crippen molar-refractivity contribution in [3.8, 4) is 66.8 Å². The molecule has 2 aliphatic carbocycles. The second kappa shape index (κ2) is 13.3. The number of hydrogen-bond donors (Lipinski definition) is 0. The minimum absolute atomic E-state index is 0.291. The van der Waals surface area contributed by atoms with Crippen molar-refractivity contribution in [1.82, 2.24) is 0 Å². The van der Waals surface area contributed by atoms with Gasteiger partial charge in [-0.3, -0.25) is 0 Å². The molecule has 0 heterocycles. The highest BCUT2D eigenvalue weighted by atomic mass is 14.5. The van der Waals surface area contributed by atoms with E-state index in [0.29, 0.717) is 0 Å². The average Bonchev–Trinajstić information content (AvgIpc) is 3.76. The maximum Gasteiger partial charge on any atom is 0.0162 e. The maximum atomic E-state index is 2.55. The normalized spacial score (nSPS) is 14.4. The van der Waals surface area contributed by atoms with Crippen molar-refractivity contribution in [2.24, 2.45) is 0 Å². The van der Waals surface area contributed by atoms with Gasteiger partial charge in [-0.05, 0) is 178 Å². The van der Waals surface area contributed by atoms with Crippen LogP contribution in [-0.4, -0.2) is 0 Å². The molecule has 0 nitrogen and oxygen atoms in total. The van der Waals surface area contributed by atoms with Crippen molar-refractivity contribution in [3.63, 3.8) is 0 Å². The summed E-state index contributed by atoms with van der Waals surface area (Å²) in [6.45, 7) is 9.98. The monoisotopic (exact) mass is 862 g/mol. The van der Waals surface area contributed by atoms with E-state index in [4.69, 9.17) is 0 Å². The van der Waals surface area contributed by atoms with Gasteiger partial charge in [-0.2, -0.15) is 0 Å². The quantitative estimate of drug-likeness (QED) is 0.155. The van der Waals surface area contributed by atoms with Crippen LogP contribution in [0.3, 0.4) is 0 Å². The van der Waals surface area contributed by atoms with Crippen LogP contribution in [0.25, 0.3) is 131 Å². The van der Waals surface area contributed by atoms with Crippen LogP contribution in [0.5, 0.6) is 0 Å². The molecule has 0 amide bonds. The van der Waals surface area contributed by atoms with Crippen LogP contribution in [0.1, 0.15) is 49.9 Å². The minimum atomic E-state index is -0.291. The molecule has 0 fully saturated rings. The van der Waals surface area contributed by atoms with Gasteiger partial charge < -0.3 is 0 Å². The van der Waals surface area contributed by atoms with Crippen LogP contribution in [0.4, 0.5) is 0 Å². The van der Waals surface area contributed by atoms with Crippen molar-refractivity contribution in [2.75, 3.05) is 0 Å². The lowest BCUT2D eigenvalue weighted by molar-refractivity contribution is 0.601. The summed E-state index contributed by atoms with van der Waals surface area (Å²) in [6.07, 6.45) is 0. The first-order valence-corrected chi connectivity index (χ1v) is 24.2. The van der Waals surface area contributed by atoms with E-state index >= 15 is 0 Å². The first kappa shape index (κ1) is 38.1. The van der Waals surface area contributed by atoms with Crippen LogP contribution >= 0.6 is 0 Å². The summed E-state index contributed by atoms with van der Waals surface area (Å²) in [6, 6.07) is 78.6. The van der Waals surface area contributed by atoms with Crippen molar-refractivity contribution < 1.29 is 0 Å². The summed E-state index contributed by atoms with van der Waals surface area (Å²) < 4.78 is 0. The zero-order chi connectivity index (χ0) is 45.2. The molecule has 0 saturated heterocycles. The summed E-state index contributed by atoms with van der Waals surface area (Å²) in [5.41, 5.74) is 20.8. The van der Waals surface area contributed by atoms with E-state index in [1.165, 1.54) is 154 Å². The van der Waals surface area contributed by atoms with Crippen molar-refractivity contribution in [1.29, 1.82) is 0 Å². The predicted molar refractivity (Wildman–Crippen MR) is 291 cm³/mol. The number of rotatable bonds is 4. The van der Waals surface area contributed by atoms with Crippen molar-refractivity contribution in [2.45, 2.75) is 38.5 Å². The lowest BCUT2D eigenvalue weighted by Crippen LogP contribution is -2.24. The van der Waals surface area contributed by atoms with Crippen LogP contribution in [0, 0.1) is 0 Å². The van der Waals surface area contributed by atoms with Gasteiger partial charge in [0.05, 0.1) is 0 Å². The Bertz CT molecular complexity index is 3970. The maximum absolute atomic E-state index is 2.55. The molecular weight excluding hydrogens is 817 g/mol. The highest BCUT2D eigenvalue weighted by Gasteiger charge is 2.47. The fourth-order valence-electron chi connectivity index (χ4n) is 13.4. The Hall–Kier alpha value is -8.06. The number of benzene rings is 13. The minimum Gasteiger partial charge on any atom is -0.0622 e. The van der Waals surface area contributed by atoms with Crippen LogP contribution in [0.15, 0.2) is 206 Å². The summed E-state index contributed by atoms with van der Waals surface area (Å²) >= 11 is 0. The van der Waals surface area contributed by atoms with Crippen LogP contribution in [-0.2, 0) is 10.8 Å². The van der Waals surface area contributed by atoms with E-state index in [-0.39, 0.29) is 10.8 Å². The molecule has 318 valence electrons. The average molecular weight is 863 g/mol. The zero-order valence-corrected chi connectivity index (χ0v) is 38.6. The summed E-state index contributed by atoms with van der Waals surface area (Å²) in [4.78, 5) is 0. The Balaban J connectivity index is 0.971. The molecule has 0 atom stereocenters. The van der Waals surface area contributed by atoms with Gasteiger partial charge >= 0.3 is 0 Å². The molecule has 13 aromatic carbocycles. The van der Waals surface area contributed by atoms with E-state index in [9.17, 15) is 0 Å². The summed E-state index contributed by atoms with van der Waals surface area (Å²) in [5, 5.41) is 15.8. The SMILES string of the molecule is CC1(C)c2cc(-c3ccc4ccc5cccc6ccc3c4c56)cc(-c3ccccc3)c2-c2ccc3c(c21)C(C)(C)c1cc(-c2ccc4ccc5cccc6ccc2c4c56)cc(-c2ccccc2)c1-3. The van der Waals surface area contributed by atoms with E-state index in [1.807, 2.05) is 0 Å². The van der Waals surface area contributed by atoms with Gasteiger partial charge in [0.15, 0.2) is 0 Å². The van der Waals surface area contributed by atoms with E-state index < -0.39 is 0 Å². The smallest absolute Gasteiger partial charge is 0.0162 e. The van der Waals surface area contributed by atoms with Gasteiger partial charge in [-0.25, -0.2) is 0 Å². The fourth-order valence-corrected chi connectivity index (χ4v) is 13.4. The van der Waals surface area contributed by atoms with E-state index in [0.717, 1.165) is 0 Å². The van der Waals surface area contributed by atoms with Gasteiger partial charge in [0.2, 0.25) is 0 Å². The topological polar surface area (TPSA) is 0 Å². The Morgan fingerprint density at radius 3 is 0.985 bits per heavy atom. The zero-order valence-electron chi connectivity index (χ0n) is 38.6. The molecule has 13 aromatic rings. The predicted octanol–water partition coefficient (Wildman–Crippen LogP) is 18.8. The van der Waals surface area contributed by atoms with Gasteiger partial charge in [0.25, 0.3) is 0 Å². The van der Waals surface area contributed by atoms with E-state index in [1.54, 1.807) is 0 Å². The lowest BCUT2D eigenvalue weighted by Gasteiger charge is -2.31. The number of fused-ring (bicyclic) bond motifs is 7. The highest BCUT2D eigenvalue weighted by Crippen LogP contribution is 2.63. The molecule has 0 saturated carbocycles. The highest BCUT2D eigenvalue weighted by molar-refractivity contribution is 6.27. The second-order valence-corrected chi connectivity index (χ2v) is 20.7. The molecule has 2 aliphatic rings. The number of hydrogen-bond acceptors (Lipinski definition) is 0. The largest absolute Gasteiger partial charge is 0.0622 e. The van der Waals surface area contributed by atoms with Gasteiger partial charge in [-0.15, -0.1) is 0 Å². The fraction of sp³-hybridized carbons (Fsp3) is 0.0882. The van der Waals surface area contributed by atoms with Crippen LogP contribution < -0.4 is 0 Å². The third kappa shape index (κ3) is 4.94. The van der Waals surface area contributed by atoms with Gasteiger partial charge in [0.1, 0.15) is 0 Å². The van der Waals surface area contributed by atoms with Gasteiger partial charge in [-0.1, -0.05) is 210 Å². The first-order chi connectivity index (χ1) is 33.2. The Morgan fingerprint density at radius 1 is 0.250 bits per heavy atom. The molecule has 15 rings (SSSR count). The lowest BCUT2D eigenvalue weighted by atomic mass is 9.72. The van der Waals surface area contributed by atoms with Crippen molar-refractivity contribution in [3.05, 3.63) is 229 Å². The molecule has 68 heavy (non-hydrogen) atoms. The molecule has 0 unspecified atom stereocenters. The molecule has 0 aliphatic heterocycles. The molecule has 0 heteroatoms. The third-order valence-electron chi connectivity index (χ3n) is 16.5.